The van der Waals surface area contributed by atoms with Crippen LogP contribution in [0.3, 0.4) is 0 Å². The summed E-state index contributed by atoms with van der Waals surface area (Å²) in [5.41, 5.74) is -12.7. The molecule has 5 rings (SSSR count). The quantitative estimate of drug-likeness (QED) is 0.0347. The molecule has 0 saturated carbocycles. The Hall–Kier alpha value is -5.50. The van der Waals surface area contributed by atoms with Crippen LogP contribution in [0.25, 0.3) is 0 Å². The molecule has 0 unspecified atom stereocenters. The predicted octanol–water partition coefficient (Wildman–Crippen LogP) is 7.20. The maximum atomic E-state index is 15.4. The Labute approximate surface area is 354 Å². The van der Waals surface area contributed by atoms with E-state index in [1.54, 1.807) is 12.1 Å². The number of aliphatic hydroxyl groups is 2. The molecule has 0 saturated heterocycles. The first-order chi connectivity index (χ1) is 30.3. The first-order valence-electron chi connectivity index (χ1n) is 17.7. The number of rotatable bonds is 12. The number of carbonyl (C=O) groups excluding carboxylic acids is 1. The van der Waals surface area contributed by atoms with Crippen molar-refractivity contribution in [3.63, 3.8) is 0 Å². The average Bonchev–Trinajstić information content (AvgIpc) is 3.26. The molecule has 0 spiro atoms. The van der Waals surface area contributed by atoms with Crippen LogP contribution in [0, 0.1) is 116 Å². The lowest BCUT2D eigenvalue weighted by molar-refractivity contribution is 0.0377. The fourth-order valence-electron chi connectivity index (χ4n) is 6.63. The van der Waals surface area contributed by atoms with E-state index in [9.17, 15) is 57.5 Å². The zero-order valence-corrected chi connectivity index (χ0v) is 33.0. The molecule has 352 valence electrons. The number of hydrogen-bond donors (Lipinski definition) is 2. The molecular weight excluding hydrogens is 955 g/mol. The molecule has 0 fully saturated rings. The highest BCUT2D eigenvalue weighted by molar-refractivity contribution is 7.96. The van der Waals surface area contributed by atoms with Gasteiger partial charge in [0.15, 0.2) is 69.8 Å². The summed E-state index contributed by atoms with van der Waals surface area (Å²) < 4.78 is 299. The SMILES string of the molecule is CC(C)OC(=O)c1ccc(C[S+](CCO)CCO)cc1.Fc1c(F)c(F)c([B-](c2c(F)c(F)c(F)c(F)c2F)(c2c(F)c(F)c(F)c(F)c2F)c2c(F)c(F)c(F)c(F)c2F)c(F)c1F. The van der Waals surface area contributed by atoms with E-state index in [-0.39, 0.29) is 36.2 Å². The van der Waals surface area contributed by atoms with Crippen molar-refractivity contribution < 1.29 is 108 Å². The molecule has 0 aliphatic rings. The Morgan fingerprint density at radius 2 is 0.677 bits per heavy atom. The number of esters is 1. The third-order valence-corrected chi connectivity index (χ3v) is 11.6. The summed E-state index contributed by atoms with van der Waals surface area (Å²) in [5.74, 6) is -69.5. The van der Waals surface area contributed by atoms with Crippen molar-refractivity contribution in [2.45, 2.75) is 25.7 Å². The molecule has 0 atom stereocenters. The van der Waals surface area contributed by atoms with Gasteiger partial charge in [-0.25, -0.2) is 92.6 Å². The Bertz CT molecular complexity index is 2260. The standard InChI is InChI=1S/C24BF20.C15H23O4S/c26-5-1(6(27)14(35)21(42)13(5)34)25(2-7(28)15(36)22(43)16(37)8(2)29,3-9(30)17(38)23(44)18(39)10(3)31)4-11(32)19(40)24(45)20(41)12(4)33;1-12(2)19-15(18)14-5-3-13(4-6-14)11-20(9-7-16)10-8-17/h;3-6,12,16-17H,7-11H2,1-2H3/q-1;+1. The lowest BCUT2D eigenvalue weighted by atomic mass is 9.12. The van der Waals surface area contributed by atoms with Crippen LogP contribution in [0.5, 0.6) is 0 Å². The van der Waals surface area contributed by atoms with E-state index in [4.69, 9.17) is 14.9 Å². The van der Waals surface area contributed by atoms with E-state index in [0.717, 1.165) is 11.3 Å². The van der Waals surface area contributed by atoms with Crippen molar-refractivity contribution in [2.75, 3.05) is 24.7 Å². The van der Waals surface area contributed by atoms with Crippen molar-refractivity contribution in [2.24, 2.45) is 0 Å². The molecule has 65 heavy (non-hydrogen) atoms. The molecule has 4 nitrogen and oxygen atoms in total. The molecule has 0 aromatic heterocycles. The van der Waals surface area contributed by atoms with Crippen LogP contribution in [0.2, 0.25) is 0 Å². The summed E-state index contributed by atoms with van der Waals surface area (Å²) in [6.07, 6.45) is -7.34. The minimum Gasteiger partial charge on any atom is -0.459 e. The zero-order valence-electron chi connectivity index (χ0n) is 32.2. The van der Waals surface area contributed by atoms with E-state index in [0.29, 0.717) is 17.1 Å². The molecule has 0 radical (unpaired) electrons. The third-order valence-electron chi connectivity index (χ3n) is 9.37. The molecular formula is C39H23BF20O4S. The van der Waals surface area contributed by atoms with Crippen LogP contribution in [-0.2, 0) is 21.4 Å². The van der Waals surface area contributed by atoms with Crippen molar-refractivity contribution in [3.05, 3.63) is 152 Å². The van der Waals surface area contributed by atoms with Crippen LogP contribution in [0.1, 0.15) is 29.8 Å². The lowest BCUT2D eigenvalue weighted by Crippen LogP contribution is -2.81. The van der Waals surface area contributed by atoms with Crippen LogP contribution in [-0.4, -0.2) is 53.2 Å². The van der Waals surface area contributed by atoms with Gasteiger partial charge in [0.05, 0.1) is 24.9 Å². The van der Waals surface area contributed by atoms with E-state index < -0.39 is 144 Å². The molecule has 0 aliphatic heterocycles. The van der Waals surface area contributed by atoms with Gasteiger partial charge in [-0.15, -0.1) is 21.9 Å². The minimum atomic E-state index is -7.22. The summed E-state index contributed by atoms with van der Waals surface area (Å²) in [6, 6.07) is 7.34. The summed E-state index contributed by atoms with van der Waals surface area (Å²) in [4.78, 5) is 11.7. The second kappa shape index (κ2) is 20.3. The highest BCUT2D eigenvalue weighted by Crippen LogP contribution is 2.31. The fourth-order valence-corrected chi connectivity index (χ4v) is 8.31. The average molecular weight is 978 g/mol. The van der Waals surface area contributed by atoms with Gasteiger partial charge in [-0.05, 0) is 36.9 Å². The second-order valence-corrected chi connectivity index (χ2v) is 15.9. The number of ether oxygens (including phenoxy) is 1. The highest BCUT2D eigenvalue weighted by atomic mass is 32.2. The summed E-state index contributed by atoms with van der Waals surface area (Å²) in [6.45, 7) is 3.92. The number of halogens is 20. The van der Waals surface area contributed by atoms with Gasteiger partial charge in [0.2, 0.25) is 0 Å². The number of carbonyl (C=O) groups is 1. The number of benzene rings is 5. The number of hydrogen-bond acceptors (Lipinski definition) is 4. The van der Waals surface area contributed by atoms with E-state index in [2.05, 4.69) is 0 Å². The van der Waals surface area contributed by atoms with Crippen LogP contribution < -0.4 is 21.9 Å². The van der Waals surface area contributed by atoms with Gasteiger partial charge >= 0.3 is 5.97 Å². The molecule has 2 N–H and O–H groups in total. The van der Waals surface area contributed by atoms with Gasteiger partial charge in [-0.2, -0.15) is 0 Å². The van der Waals surface area contributed by atoms with Gasteiger partial charge < -0.3 is 14.9 Å². The highest BCUT2D eigenvalue weighted by Gasteiger charge is 2.52. The normalized spacial score (nSPS) is 11.7. The maximum absolute atomic E-state index is 15.4. The second-order valence-electron chi connectivity index (χ2n) is 13.6. The first-order valence-corrected chi connectivity index (χ1v) is 19.4. The first kappa shape index (κ1) is 52.1. The molecule has 5 aromatic rings. The molecule has 0 amide bonds. The summed E-state index contributed by atoms with van der Waals surface area (Å²) in [5, 5.41) is 18.0. The zero-order chi connectivity index (χ0) is 49.3. The number of aliphatic hydroxyl groups excluding tert-OH is 2. The largest absolute Gasteiger partial charge is 0.459 e. The molecule has 26 heteroatoms. The topological polar surface area (TPSA) is 66.8 Å². The van der Waals surface area contributed by atoms with Crippen LogP contribution >= 0.6 is 0 Å². The van der Waals surface area contributed by atoms with Crippen molar-refractivity contribution in [1.29, 1.82) is 0 Å². The smallest absolute Gasteiger partial charge is 0.338 e. The van der Waals surface area contributed by atoms with E-state index in [1.165, 1.54) is 0 Å². The Morgan fingerprint density at radius 1 is 0.446 bits per heavy atom. The summed E-state index contributed by atoms with van der Waals surface area (Å²) in [7, 11) is -0.0181. The van der Waals surface area contributed by atoms with Crippen molar-refractivity contribution >= 4 is 44.9 Å². The lowest BCUT2D eigenvalue weighted by Gasteiger charge is -2.44. The molecule has 0 heterocycles. The maximum Gasteiger partial charge on any atom is 0.338 e. The van der Waals surface area contributed by atoms with Gasteiger partial charge in [0, 0.05) is 5.56 Å². The van der Waals surface area contributed by atoms with Gasteiger partial charge in [0.1, 0.15) is 69.9 Å². The Kier molecular flexibility index (Phi) is 16.3. The molecule has 5 aromatic carbocycles. The Morgan fingerprint density at radius 3 is 0.892 bits per heavy atom. The van der Waals surface area contributed by atoms with Crippen LogP contribution in [0.4, 0.5) is 87.8 Å². The minimum absolute atomic E-state index is 0.0181. The van der Waals surface area contributed by atoms with Crippen molar-refractivity contribution in [1.82, 2.24) is 0 Å². The van der Waals surface area contributed by atoms with Gasteiger partial charge in [0.25, 0.3) is 0 Å². The van der Waals surface area contributed by atoms with E-state index >= 15 is 35.1 Å². The molecule has 0 bridgehead atoms. The third kappa shape index (κ3) is 9.20. The fraction of sp³-hybridized carbons (Fsp3) is 0.205. The monoisotopic (exact) mass is 978 g/mol. The Balaban J connectivity index is 0.000000387. The summed E-state index contributed by atoms with van der Waals surface area (Å²) >= 11 is 0. The van der Waals surface area contributed by atoms with Gasteiger partial charge in [-0.1, -0.05) is 12.1 Å². The van der Waals surface area contributed by atoms with Gasteiger partial charge in [-0.3, -0.25) is 0 Å². The van der Waals surface area contributed by atoms with Crippen molar-refractivity contribution in [3.8, 4) is 0 Å². The van der Waals surface area contributed by atoms with E-state index in [1.807, 2.05) is 26.0 Å². The molecule has 0 aliphatic carbocycles. The van der Waals surface area contributed by atoms with Crippen LogP contribution in [0.15, 0.2) is 24.3 Å². The predicted molar refractivity (Wildman–Crippen MR) is 191 cm³/mol.